The molecule has 3 aromatic rings. The Morgan fingerprint density at radius 2 is 2.04 bits per heavy atom. The Hall–Kier alpha value is -3.48. The molecule has 2 aromatic carbocycles. The molecule has 6 nitrogen and oxygen atoms in total. The Balaban J connectivity index is 1.75. The number of aryl methyl sites for hydroxylation is 1. The van der Waals surface area contributed by atoms with Gasteiger partial charge >= 0.3 is 0 Å². The van der Waals surface area contributed by atoms with E-state index in [1.807, 2.05) is 19.1 Å². The summed E-state index contributed by atoms with van der Waals surface area (Å²) in [6, 6.07) is 13.1. The highest BCUT2D eigenvalue weighted by Gasteiger charge is 2.22. The fourth-order valence-corrected chi connectivity index (χ4v) is 2.87. The molecule has 0 spiro atoms. The van der Waals surface area contributed by atoms with Crippen LogP contribution in [0.5, 0.6) is 0 Å². The van der Waals surface area contributed by atoms with E-state index < -0.39 is 0 Å². The van der Waals surface area contributed by atoms with Crippen LogP contribution in [-0.4, -0.2) is 34.7 Å². The van der Waals surface area contributed by atoms with E-state index in [-0.39, 0.29) is 11.7 Å². The van der Waals surface area contributed by atoms with Gasteiger partial charge in [-0.1, -0.05) is 17.7 Å². The Morgan fingerprint density at radius 1 is 1.22 bits per heavy atom. The lowest BCUT2D eigenvalue weighted by Crippen LogP contribution is -2.17. The van der Waals surface area contributed by atoms with Crippen molar-refractivity contribution in [3.05, 3.63) is 77.2 Å². The first kappa shape index (κ1) is 17.0. The van der Waals surface area contributed by atoms with Gasteiger partial charge in [-0.2, -0.15) is 5.10 Å². The van der Waals surface area contributed by atoms with Crippen LogP contribution in [0.15, 0.2) is 59.7 Å². The molecule has 1 aromatic heterocycles. The van der Waals surface area contributed by atoms with Crippen molar-refractivity contribution in [1.82, 2.24) is 9.78 Å². The quantitative estimate of drug-likeness (QED) is 0.772. The fourth-order valence-electron chi connectivity index (χ4n) is 2.87. The van der Waals surface area contributed by atoms with Gasteiger partial charge in [0.05, 0.1) is 24.0 Å². The minimum Gasteiger partial charge on any atom is -0.475 e. The third-order valence-corrected chi connectivity index (χ3v) is 4.17. The van der Waals surface area contributed by atoms with Crippen molar-refractivity contribution < 1.29 is 13.9 Å². The maximum absolute atomic E-state index is 13.3. The van der Waals surface area contributed by atoms with Gasteiger partial charge in [0.2, 0.25) is 5.90 Å². The molecule has 1 aliphatic heterocycles. The van der Waals surface area contributed by atoms with Gasteiger partial charge in [-0.15, -0.1) is 0 Å². The van der Waals surface area contributed by atoms with Crippen LogP contribution >= 0.6 is 0 Å². The van der Waals surface area contributed by atoms with Gasteiger partial charge in [0.1, 0.15) is 18.2 Å². The fraction of sp³-hybridized carbons (Fsp3) is 0.150. The second-order valence-corrected chi connectivity index (χ2v) is 6.15. The van der Waals surface area contributed by atoms with E-state index in [0.29, 0.717) is 41.7 Å². The number of rotatable bonds is 4. The van der Waals surface area contributed by atoms with Gasteiger partial charge in [0.15, 0.2) is 0 Å². The molecule has 0 saturated carbocycles. The summed E-state index contributed by atoms with van der Waals surface area (Å²) in [5.74, 6) is 0.235. The molecule has 27 heavy (non-hydrogen) atoms. The first-order valence-electron chi connectivity index (χ1n) is 8.51. The lowest BCUT2D eigenvalue weighted by atomic mass is 10.1. The Labute approximate surface area is 155 Å². The van der Waals surface area contributed by atoms with Crippen LogP contribution in [0.25, 0.3) is 5.69 Å². The third kappa shape index (κ3) is 3.44. The van der Waals surface area contributed by atoms with Gasteiger partial charge in [-0.3, -0.25) is 4.79 Å². The number of nitrogens with one attached hydrogen (secondary N) is 1. The number of halogens is 1. The molecule has 0 radical (unpaired) electrons. The number of hydrogen-bond acceptors (Lipinski definition) is 4. The standard InChI is InChI=1S/C20H17FN4O2/c1-13-3-2-4-14(11-13)19(26)24-18-17(20-22-9-10-27-20)12-23-25(18)16-7-5-15(21)6-8-16/h2-8,11-12H,9-10H2,1H3,(H,24,26). The van der Waals surface area contributed by atoms with E-state index in [0.717, 1.165) is 5.56 Å². The lowest BCUT2D eigenvalue weighted by molar-refractivity contribution is 0.102. The van der Waals surface area contributed by atoms with Crippen molar-refractivity contribution in [3.8, 4) is 5.69 Å². The van der Waals surface area contributed by atoms with E-state index in [2.05, 4.69) is 15.4 Å². The maximum atomic E-state index is 13.3. The summed E-state index contributed by atoms with van der Waals surface area (Å²) < 4.78 is 20.4. The Kier molecular flexibility index (Phi) is 4.42. The number of aromatic nitrogens is 2. The molecule has 4 rings (SSSR count). The predicted octanol–water partition coefficient (Wildman–Crippen LogP) is 3.35. The highest BCUT2D eigenvalue weighted by Crippen LogP contribution is 2.24. The molecule has 0 saturated heterocycles. The number of amides is 1. The summed E-state index contributed by atoms with van der Waals surface area (Å²) in [5.41, 5.74) is 2.71. The van der Waals surface area contributed by atoms with Crippen molar-refractivity contribution in [1.29, 1.82) is 0 Å². The average Bonchev–Trinajstić information content (AvgIpc) is 3.32. The largest absolute Gasteiger partial charge is 0.475 e. The molecule has 1 aliphatic rings. The number of ether oxygens (including phenoxy) is 1. The number of carbonyl (C=O) groups is 1. The van der Waals surface area contributed by atoms with Gasteiger partial charge in [-0.05, 0) is 43.3 Å². The molecule has 1 N–H and O–H groups in total. The minimum absolute atomic E-state index is 0.276. The first-order chi connectivity index (χ1) is 13.1. The number of benzene rings is 2. The number of carbonyl (C=O) groups excluding carboxylic acids is 1. The number of aliphatic imine (C=N–C) groups is 1. The van der Waals surface area contributed by atoms with E-state index in [4.69, 9.17) is 4.74 Å². The second-order valence-electron chi connectivity index (χ2n) is 6.15. The number of hydrogen-bond donors (Lipinski definition) is 1. The summed E-state index contributed by atoms with van der Waals surface area (Å²) >= 11 is 0. The normalized spacial score (nSPS) is 13.2. The molecule has 0 unspecified atom stereocenters. The summed E-state index contributed by atoms with van der Waals surface area (Å²) in [4.78, 5) is 17.1. The molecule has 7 heteroatoms. The lowest BCUT2D eigenvalue weighted by Gasteiger charge is -2.12. The van der Waals surface area contributed by atoms with Crippen molar-refractivity contribution in [2.24, 2.45) is 4.99 Å². The molecule has 136 valence electrons. The predicted molar refractivity (Wildman–Crippen MR) is 100 cm³/mol. The van der Waals surface area contributed by atoms with Crippen molar-refractivity contribution in [3.63, 3.8) is 0 Å². The first-order valence-corrected chi connectivity index (χ1v) is 8.51. The molecule has 0 fully saturated rings. The molecular formula is C20H17FN4O2. The van der Waals surface area contributed by atoms with E-state index in [9.17, 15) is 9.18 Å². The highest BCUT2D eigenvalue weighted by molar-refractivity contribution is 6.08. The molecule has 0 bridgehead atoms. The summed E-state index contributed by atoms with van der Waals surface area (Å²) in [5, 5.41) is 7.24. The van der Waals surface area contributed by atoms with Crippen LogP contribution < -0.4 is 5.32 Å². The summed E-state index contributed by atoms with van der Waals surface area (Å²) in [6.45, 7) is 2.97. The Morgan fingerprint density at radius 3 is 2.74 bits per heavy atom. The van der Waals surface area contributed by atoms with Crippen LogP contribution in [0, 0.1) is 12.7 Å². The molecule has 1 amide bonds. The van der Waals surface area contributed by atoms with Crippen molar-refractivity contribution in [2.45, 2.75) is 6.92 Å². The molecule has 0 aliphatic carbocycles. The van der Waals surface area contributed by atoms with Crippen LogP contribution in [-0.2, 0) is 4.74 Å². The summed E-state index contributed by atoms with van der Waals surface area (Å²) in [6.07, 6.45) is 1.58. The van der Waals surface area contributed by atoms with E-state index in [1.54, 1.807) is 30.5 Å². The number of anilines is 1. The van der Waals surface area contributed by atoms with Gasteiger partial charge in [-0.25, -0.2) is 14.1 Å². The van der Waals surface area contributed by atoms with Crippen LogP contribution in [0.1, 0.15) is 21.5 Å². The maximum Gasteiger partial charge on any atom is 0.256 e. The van der Waals surface area contributed by atoms with Gasteiger partial charge < -0.3 is 10.1 Å². The van der Waals surface area contributed by atoms with Crippen LogP contribution in [0.2, 0.25) is 0 Å². The monoisotopic (exact) mass is 364 g/mol. The van der Waals surface area contributed by atoms with E-state index >= 15 is 0 Å². The van der Waals surface area contributed by atoms with Gasteiger partial charge in [0.25, 0.3) is 5.91 Å². The molecule has 0 atom stereocenters. The topological polar surface area (TPSA) is 68.5 Å². The zero-order chi connectivity index (χ0) is 18.8. The second kappa shape index (κ2) is 7.03. The average molecular weight is 364 g/mol. The van der Waals surface area contributed by atoms with Crippen LogP contribution in [0.4, 0.5) is 10.2 Å². The van der Waals surface area contributed by atoms with Gasteiger partial charge in [0, 0.05) is 5.56 Å². The smallest absolute Gasteiger partial charge is 0.256 e. The SMILES string of the molecule is Cc1cccc(C(=O)Nc2c(C3=NCCO3)cnn2-c2ccc(F)cc2)c1. The van der Waals surface area contributed by atoms with Crippen molar-refractivity contribution >= 4 is 17.6 Å². The van der Waals surface area contributed by atoms with E-state index in [1.165, 1.54) is 16.8 Å². The zero-order valence-corrected chi connectivity index (χ0v) is 14.6. The molecular weight excluding hydrogens is 347 g/mol. The zero-order valence-electron chi connectivity index (χ0n) is 14.6. The third-order valence-electron chi connectivity index (χ3n) is 4.17. The number of nitrogens with zero attached hydrogens (tertiary/aromatic N) is 3. The minimum atomic E-state index is -0.347. The highest BCUT2D eigenvalue weighted by atomic mass is 19.1. The summed E-state index contributed by atoms with van der Waals surface area (Å²) in [7, 11) is 0. The van der Waals surface area contributed by atoms with Crippen LogP contribution in [0.3, 0.4) is 0 Å². The molecule has 2 heterocycles. The van der Waals surface area contributed by atoms with Crippen molar-refractivity contribution in [2.75, 3.05) is 18.5 Å². The Bertz CT molecular complexity index is 1020.